The fourth-order valence-electron chi connectivity index (χ4n) is 6.28. The van der Waals surface area contributed by atoms with Crippen LogP contribution in [0.15, 0.2) is 59.7 Å². The number of azo groups is 2. The van der Waals surface area contributed by atoms with Crippen LogP contribution in [0, 0.1) is 0 Å². The van der Waals surface area contributed by atoms with Crippen molar-refractivity contribution in [2.75, 3.05) is 60.8 Å². The molecule has 59 heavy (non-hydrogen) atoms. The normalized spacial score (nSPS) is 13.6. The molecule has 5 aromatic rings. The second-order valence-electron chi connectivity index (χ2n) is 12.8. The predicted octanol–water partition coefficient (Wildman–Crippen LogP) is 9.27. The van der Waals surface area contributed by atoms with Gasteiger partial charge in [0.2, 0.25) is 11.9 Å². The number of thioether (sulfide) groups is 1. The highest BCUT2D eigenvalue weighted by Gasteiger charge is 2.22. The van der Waals surface area contributed by atoms with E-state index in [2.05, 4.69) is 75.1 Å². The van der Waals surface area contributed by atoms with Crippen molar-refractivity contribution in [3.05, 3.63) is 29.8 Å². The zero-order valence-corrected chi connectivity index (χ0v) is 36.6. The van der Waals surface area contributed by atoms with E-state index in [1.54, 1.807) is 43.6 Å². The number of benzene rings is 2. The first-order valence-corrected chi connectivity index (χ1v) is 22.9. The molecule has 0 unspecified atom stereocenters. The van der Waals surface area contributed by atoms with E-state index < -0.39 is 14.5 Å². The molecular formula is C35H45N15O5S4. The van der Waals surface area contributed by atoms with Crippen molar-refractivity contribution >= 4 is 101 Å². The van der Waals surface area contributed by atoms with Crippen molar-refractivity contribution in [2.24, 2.45) is 20.5 Å². The van der Waals surface area contributed by atoms with E-state index >= 15 is 0 Å². The quantitative estimate of drug-likeness (QED) is 0.0516. The van der Waals surface area contributed by atoms with Gasteiger partial charge in [0.05, 0.1) is 37.0 Å². The van der Waals surface area contributed by atoms with Gasteiger partial charge in [-0.15, -0.1) is 40.9 Å². The van der Waals surface area contributed by atoms with E-state index in [1.807, 2.05) is 26.0 Å². The molecule has 24 heteroatoms. The summed E-state index contributed by atoms with van der Waals surface area (Å²) < 4.78 is 43.7. The van der Waals surface area contributed by atoms with Crippen molar-refractivity contribution in [2.45, 2.75) is 74.5 Å². The molecule has 0 bridgehead atoms. The fourth-order valence-corrected chi connectivity index (χ4v) is 8.98. The highest BCUT2D eigenvalue weighted by Crippen LogP contribution is 2.43. The highest BCUT2D eigenvalue weighted by atomic mass is 32.3. The van der Waals surface area contributed by atoms with Crippen LogP contribution in [-0.4, -0.2) is 94.0 Å². The maximum absolute atomic E-state index is 11.6. The summed E-state index contributed by atoms with van der Waals surface area (Å²) in [6.07, 6.45) is 5.56. The molecular weight excluding hydrogens is 839 g/mol. The first kappa shape index (κ1) is 43.4. The SMILES string of the molecule is CCN(CC)c1cc(Nc2nc(Nc3cc(N(CC)CC)c(OC)cc3/N=N/c3nnc(S(=O)(=O)O)s3)nc(SC3CCCCC3)n2)c(/N=N/c2nncs2)cc1OC. The van der Waals surface area contributed by atoms with Crippen molar-refractivity contribution in [1.82, 2.24) is 35.3 Å². The summed E-state index contributed by atoms with van der Waals surface area (Å²) in [7, 11) is -1.39. The lowest BCUT2D eigenvalue weighted by Crippen LogP contribution is -2.22. The molecule has 0 aliphatic heterocycles. The smallest absolute Gasteiger partial charge is 0.324 e. The Hall–Kier alpha value is -5.17. The molecule has 3 aromatic heterocycles. The van der Waals surface area contributed by atoms with Crippen LogP contribution in [0.2, 0.25) is 0 Å². The lowest BCUT2D eigenvalue weighted by Gasteiger charge is -2.25. The Labute approximate surface area is 354 Å². The number of hydrogen-bond acceptors (Lipinski definition) is 22. The van der Waals surface area contributed by atoms with E-state index in [0.29, 0.717) is 74.2 Å². The van der Waals surface area contributed by atoms with E-state index in [9.17, 15) is 13.0 Å². The van der Waals surface area contributed by atoms with Gasteiger partial charge < -0.3 is 29.9 Å². The Morgan fingerprint density at radius 1 is 0.763 bits per heavy atom. The number of methoxy groups -OCH3 is 2. The van der Waals surface area contributed by atoms with Gasteiger partial charge in [-0.05, 0) is 52.7 Å². The van der Waals surface area contributed by atoms with Crippen LogP contribution in [0.1, 0.15) is 59.8 Å². The van der Waals surface area contributed by atoms with E-state index in [4.69, 9.17) is 24.4 Å². The van der Waals surface area contributed by atoms with Crippen molar-refractivity contribution in [3.63, 3.8) is 0 Å². The second-order valence-corrected chi connectivity index (χ2v) is 17.4. The minimum absolute atomic E-state index is 0.0872. The molecule has 0 spiro atoms. The Morgan fingerprint density at radius 2 is 1.31 bits per heavy atom. The summed E-state index contributed by atoms with van der Waals surface area (Å²) >= 11 is 3.44. The number of rotatable bonds is 19. The summed E-state index contributed by atoms with van der Waals surface area (Å²) in [4.78, 5) is 18.9. The highest BCUT2D eigenvalue weighted by molar-refractivity contribution is 7.99. The van der Waals surface area contributed by atoms with Gasteiger partial charge in [0, 0.05) is 43.6 Å². The average molecular weight is 884 g/mol. The Morgan fingerprint density at radius 3 is 1.76 bits per heavy atom. The first-order chi connectivity index (χ1) is 28.5. The molecule has 314 valence electrons. The molecule has 0 amide bonds. The molecule has 3 heterocycles. The monoisotopic (exact) mass is 883 g/mol. The van der Waals surface area contributed by atoms with Crippen LogP contribution in [0.5, 0.6) is 11.5 Å². The zero-order chi connectivity index (χ0) is 41.9. The third kappa shape index (κ3) is 11.1. The van der Waals surface area contributed by atoms with Crippen LogP contribution in [-0.2, 0) is 10.1 Å². The Balaban J connectivity index is 1.46. The van der Waals surface area contributed by atoms with Gasteiger partial charge in [0.25, 0.3) is 14.6 Å². The molecule has 1 fully saturated rings. The number of anilines is 6. The molecule has 2 aromatic carbocycles. The van der Waals surface area contributed by atoms with Gasteiger partial charge in [-0.1, -0.05) is 53.7 Å². The molecule has 1 aliphatic rings. The number of nitrogens with zero attached hydrogens (tertiary/aromatic N) is 13. The van der Waals surface area contributed by atoms with Gasteiger partial charge in [-0.3, -0.25) is 4.55 Å². The minimum atomic E-state index is -4.57. The summed E-state index contributed by atoms with van der Waals surface area (Å²) in [5.41, 5.74) is 4.99. The summed E-state index contributed by atoms with van der Waals surface area (Å²) in [5.74, 6) is 1.60. The summed E-state index contributed by atoms with van der Waals surface area (Å²) in [6, 6.07) is 7.30. The largest absolute Gasteiger partial charge is 0.494 e. The minimum Gasteiger partial charge on any atom is -0.494 e. The topological polar surface area (TPSA) is 243 Å². The van der Waals surface area contributed by atoms with Gasteiger partial charge >= 0.3 is 10.1 Å². The standard InChI is InChI=1S/C35H45N15O5S4/c1-7-49(8-2)26-16-22(24(18-28(26)54-5)42-45-33-44-36-20-56-33)37-30-39-31(41-32(40-30)57-21-14-12-11-13-15-21)38-23-17-27(50(9-3)10-4)29(55-6)19-25(23)43-46-34-47-48-35(58-34)59(51,52)53/h16-21H,7-15H2,1-6H3,(H,51,52,53)(H2,37,38,39,40,41)/b45-42+,46-43+. The molecule has 3 N–H and O–H groups in total. The molecule has 0 saturated heterocycles. The Kier molecular flexibility index (Phi) is 14.9. The molecule has 20 nitrogen and oxygen atoms in total. The fraction of sp³-hybridized carbons (Fsp3) is 0.457. The molecule has 1 aliphatic carbocycles. The van der Waals surface area contributed by atoms with Crippen molar-refractivity contribution < 1.29 is 22.4 Å². The summed E-state index contributed by atoms with van der Waals surface area (Å²) in [6.45, 7) is 11.1. The lowest BCUT2D eigenvalue weighted by atomic mass is 10.0. The summed E-state index contributed by atoms with van der Waals surface area (Å²) in [5, 5.41) is 40.4. The van der Waals surface area contributed by atoms with Crippen LogP contribution in [0.4, 0.5) is 56.3 Å². The third-order valence-electron chi connectivity index (χ3n) is 9.19. The number of ether oxygens (including phenoxy) is 2. The number of nitrogens with one attached hydrogen (secondary N) is 2. The number of hydrogen-bond donors (Lipinski definition) is 3. The second kappa shape index (κ2) is 20.2. The first-order valence-electron chi connectivity index (χ1n) is 18.9. The molecule has 0 radical (unpaired) electrons. The maximum Gasteiger partial charge on any atom is 0.324 e. The van der Waals surface area contributed by atoms with Crippen LogP contribution in [0.3, 0.4) is 0 Å². The maximum atomic E-state index is 11.6. The zero-order valence-electron chi connectivity index (χ0n) is 33.4. The van der Waals surface area contributed by atoms with Gasteiger partial charge in [-0.2, -0.15) is 23.4 Å². The van der Waals surface area contributed by atoms with E-state index in [1.165, 1.54) is 17.8 Å². The van der Waals surface area contributed by atoms with E-state index in [-0.39, 0.29) is 17.0 Å². The average Bonchev–Trinajstić information content (AvgIpc) is 3.95. The van der Waals surface area contributed by atoms with Gasteiger partial charge in [0.15, 0.2) is 5.16 Å². The van der Waals surface area contributed by atoms with E-state index in [0.717, 1.165) is 50.1 Å². The van der Waals surface area contributed by atoms with Crippen molar-refractivity contribution in [3.8, 4) is 11.5 Å². The van der Waals surface area contributed by atoms with Crippen molar-refractivity contribution in [1.29, 1.82) is 0 Å². The van der Waals surface area contributed by atoms with Crippen LogP contribution in [0.25, 0.3) is 0 Å². The molecule has 0 atom stereocenters. The predicted molar refractivity (Wildman–Crippen MR) is 230 cm³/mol. The third-order valence-corrected chi connectivity index (χ3v) is 13.0. The van der Waals surface area contributed by atoms with Gasteiger partial charge in [0.1, 0.15) is 28.4 Å². The van der Waals surface area contributed by atoms with Gasteiger partial charge in [-0.25, -0.2) is 0 Å². The molecule has 6 rings (SSSR count). The number of aromatic nitrogens is 7. The molecule has 1 saturated carbocycles. The Bertz CT molecular complexity index is 2350. The lowest BCUT2D eigenvalue weighted by molar-refractivity contribution is 0.414. The van der Waals surface area contributed by atoms with Crippen LogP contribution < -0.4 is 29.9 Å². The van der Waals surface area contributed by atoms with Crippen LogP contribution >= 0.6 is 34.4 Å².